The smallest absolute Gasteiger partial charge is 0.0331 e. The van der Waals surface area contributed by atoms with E-state index in [1.807, 2.05) is 0 Å². The third kappa shape index (κ3) is 2.44. The molecule has 0 unspecified atom stereocenters. The summed E-state index contributed by atoms with van der Waals surface area (Å²) in [7, 11) is 6.62. The van der Waals surface area contributed by atoms with Crippen LogP contribution in [0.3, 0.4) is 0 Å². The molecule has 0 aromatic heterocycles. The summed E-state index contributed by atoms with van der Waals surface area (Å²) >= 11 is 0. The molecule has 13 heavy (non-hydrogen) atoms. The molecule has 0 bridgehead atoms. The van der Waals surface area contributed by atoms with Crippen molar-refractivity contribution >= 4 is 0 Å². The highest BCUT2D eigenvalue weighted by Crippen LogP contribution is 2.41. The van der Waals surface area contributed by atoms with Crippen molar-refractivity contribution in [3.05, 3.63) is 0 Å². The standard InChI is InChI=1S/C11H24N2/c1-10(2,3)13(6)9-11(7-8-11)12(4)5/h7-9H2,1-6H3. The van der Waals surface area contributed by atoms with E-state index in [0.717, 1.165) is 0 Å². The molecule has 0 radical (unpaired) electrons. The van der Waals surface area contributed by atoms with E-state index in [1.54, 1.807) is 0 Å². The predicted octanol–water partition coefficient (Wildman–Crippen LogP) is 1.81. The van der Waals surface area contributed by atoms with Crippen molar-refractivity contribution in [2.45, 2.75) is 44.7 Å². The molecule has 0 amide bonds. The Morgan fingerprint density at radius 2 is 1.54 bits per heavy atom. The summed E-state index contributed by atoms with van der Waals surface area (Å²) in [5.41, 5.74) is 0.785. The van der Waals surface area contributed by atoms with Crippen LogP contribution in [0.1, 0.15) is 33.6 Å². The van der Waals surface area contributed by atoms with Gasteiger partial charge in [0.1, 0.15) is 0 Å². The first-order valence-corrected chi connectivity index (χ1v) is 5.17. The van der Waals surface area contributed by atoms with Crippen LogP contribution in [0.2, 0.25) is 0 Å². The number of nitrogens with zero attached hydrogens (tertiary/aromatic N) is 2. The Labute approximate surface area is 82.9 Å². The fourth-order valence-corrected chi connectivity index (χ4v) is 1.57. The van der Waals surface area contributed by atoms with Gasteiger partial charge in [0, 0.05) is 17.6 Å². The lowest BCUT2D eigenvalue weighted by molar-refractivity contribution is 0.115. The molecular weight excluding hydrogens is 160 g/mol. The Hall–Kier alpha value is -0.0800. The largest absolute Gasteiger partial charge is 0.302 e. The van der Waals surface area contributed by atoms with E-state index < -0.39 is 0 Å². The Kier molecular flexibility index (Phi) is 2.75. The first-order valence-electron chi connectivity index (χ1n) is 5.17. The minimum Gasteiger partial charge on any atom is -0.302 e. The van der Waals surface area contributed by atoms with E-state index in [-0.39, 0.29) is 0 Å². The van der Waals surface area contributed by atoms with Crippen LogP contribution in [0.15, 0.2) is 0 Å². The van der Waals surface area contributed by atoms with Gasteiger partial charge in [-0.05, 0) is 54.8 Å². The van der Waals surface area contributed by atoms with Crippen LogP contribution < -0.4 is 0 Å². The molecule has 0 saturated heterocycles. The van der Waals surface area contributed by atoms with E-state index >= 15 is 0 Å². The van der Waals surface area contributed by atoms with Crippen molar-refractivity contribution in [3.8, 4) is 0 Å². The molecule has 78 valence electrons. The van der Waals surface area contributed by atoms with Gasteiger partial charge in [0.25, 0.3) is 0 Å². The molecule has 0 spiro atoms. The summed E-state index contributed by atoms with van der Waals surface area (Å²) in [5.74, 6) is 0. The Bertz CT molecular complexity index is 175. The fraction of sp³-hybridized carbons (Fsp3) is 1.00. The van der Waals surface area contributed by atoms with Crippen LogP contribution in [-0.2, 0) is 0 Å². The molecule has 0 N–H and O–H groups in total. The summed E-state index contributed by atoms with van der Waals surface area (Å²) in [6, 6.07) is 0. The van der Waals surface area contributed by atoms with Crippen LogP contribution in [0, 0.1) is 0 Å². The van der Waals surface area contributed by atoms with Crippen LogP contribution in [0.4, 0.5) is 0 Å². The molecule has 0 aromatic carbocycles. The van der Waals surface area contributed by atoms with E-state index in [0.29, 0.717) is 11.1 Å². The Balaban J connectivity index is 2.50. The number of rotatable bonds is 3. The highest BCUT2D eigenvalue weighted by Gasteiger charge is 2.46. The molecule has 1 fully saturated rings. The van der Waals surface area contributed by atoms with Gasteiger partial charge in [0.05, 0.1) is 0 Å². The van der Waals surface area contributed by atoms with Crippen molar-refractivity contribution in [3.63, 3.8) is 0 Å². The quantitative estimate of drug-likeness (QED) is 0.660. The molecule has 0 heterocycles. The Morgan fingerprint density at radius 1 is 1.08 bits per heavy atom. The fourth-order valence-electron chi connectivity index (χ4n) is 1.57. The van der Waals surface area contributed by atoms with Gasteiger partial charge in [-0.25, -0.2) is 0 Å². The molecule has 2 nitrogen and oxygen atoms in total. The summed E-state index contributed by atoms with van der Waals surface area (Å²) in [4.78, 5) is 4.84. The van der Waals surface area contributed by atoms with Gasteiger partial charge in [-0.3, -0.25) is 4.90 Å². The third-order valence-electron chi connectivity index (χ3n) is 3.45. The van der Waals surface area contributed by atoms with E-state index in [9.17, 15) is 0 Å². The van der Waals surface area contributed by atoms with Crippen molar-refractivity contribution in [2.75, 3.05) is 27.7 Å². The van der Waals surface area contributed by atoms with E-state index in [1.165, 1.54) is 19.4 Å². The van der Waals surface area contributed by atoms with Crippen molar-refractivity contribution in [1.82, 2.24) is 9.80 Å². The number of hydrogen-bond donors (Lipinski definition) is 0. The first-order chi connectivity index (χ1) is 5.78. The van der Waals surface area contributed by atoms with Crippen molar-refractivity contribution in [2.24, 2.45) is 0 Å². The monoisotopic (exact) mass is 184 g/mol. The lowest BCUT2D eigenvalue weighted by atomic mass is 10.1. The molecular formula is C11H24N2. The van der Waals surface area contributed by atoms with Crippen LogP contribution >= 0.6 is 0 Å². The number of likely N-dealkylation sites (N-methyl/N-ethyl adjacent to an activating group) is 2. The molecule has 1 saturated carbocycles. The second-order valence-electron chi connectivity index (χ2n) is 5.65. The number of hydrogen-bond acceptors (Lipinski definition) is 2. The average molecular weight is 184 g/mol. The summed E-state index contributed by atoms with van der Waals surface area (Å²) in [6.07, 6.45) is 2.72. The Morgan fingerprint density at radius 3 is 1.77 bits per heavy atom. The molecule has 1 aliphatic rings. The van der Waals surface area contributed by atoms with Gasteiger partial charge in [-0.1, -0.05) is 0 Å². The molecule has 0 aliphatic heterocycles. The van der Waals surface area contributed by atoms with Gasteiger partial charge in [-0.15, -0.1) is 0 Å². The SMILES string of the molecule is CN(CC1(N(C)C)CC1)C(C)(C)C. The zero-order valence-corrected chi connectivity index (χ0v) is 10.0. The predicted molar refractivity (Wildman–Crippen MR) is 58.0 cm³/mol. The van der Waals surface area contributed by atoms with Crippen LogP contribution in [0.5, 0.6) is 0 Å². The van der Waals surface area contributed by atoms with Gasteiger partial charge < -0.3 is 4.90 Å². The summed E-state index contributed by atoms with van der Waals surface area (Å²) < 4.78 is 0. The summed E-state index contributed by atoms with van der Waals surface area (Å²) in [5, 5.41) is 0. The zero-order valence-electron chi connectivity index (χ0n) is 10.0. The van der Waals surface area contributed by atoms with Gasteiger partial charge in [0.15, 0.2) is 0 Å². The normalized spacial score (nSPS) is 21.2. The maximum absolute atomic E-state index is 2.46. The van der Waals surface area contributed by atoms with E-state index in [2.05, 4.69) is 51.7 Å². The highest BCUT2D eigenvalue weighted by molar-refractivity contribution is 5.04. The second-order valence-corrected chi connectivity index (χ2v) is 5.65. The lowest BCUT2D eigenvalue weighted by Gasteiger charge is -2.37. The zero-order chi connectivity index (χ0) is 10.3. The van der Waals surface area contributed by atoms with Crippen LogP contribution in [-0.4, -0.2) is 48.6 Å². The summed E-state index contributed by atoms with van der Waals surface area (Å²) in [6.45, 7) is 8.03. The van der Waals surface area contributed by atoms with Crippen LogP contribution in [0.25, 0.3) is 0 Å². The van der Waals surface area contributed by atoms with Gasteiger partial charge >= 0.3 is 0 Å². The maximum atomic E-state index is 2.46. The topological polar surface area (TPSA) is 6.48 Å². The highest BCUT2D eigenvalue weighted by atomic mass is 15.3. The molecule has 0 atom stereocenters. The van der Waals surface area contributed by atoms with Gasteiger partial charge in [-0.2, -0.15) is 0 Å². The second kappa shape index (κ2) is 3.25. The molecule has 1 aliphatic carbocycles. The molecule has 2 heteroatoms. The lowest BCUT2D eigenvalue weighted by Crippen LogP contribution is -2.48. The minimum absolute atomic E-state index is 0.297. The maximum Gasteiger partial charge on any atom is 0.0331 e. The minimum atomic E-state index is 0.297. The van der Waals surface area contributed by atoms with Crippen molar-refractivity contribution in [1.29, 1.82) is 0 Å². The third-order valence-corrected chi connectivity index (χ3v) is 3.45. The van der Waals surface area contributed by atoms with Crippen molar-refractivity contribution < 1.29 is 0 Å². The average Bonchev–Trinajstić information content (AvgIpc) is 2.66. The molecule has 1 rings (SSSR count). The van der Waals surface area contributed by atoms with E-state index in [4.69, 9.17) is 0 Å². The molecule has 0 aromatic rings. The van der Waals surface area contributed by atoms with Gasteiger partial charge in [0.2, 0.25) is 0 Å². The first kappa shape index (κ1) is 11.0.